The smallest absolute Gasteiger partial charge is 0.192 e. The third-order valence-corrected chi connectivity index (χ3v) is 3.64. The van der Waals surface area contributed by atoms with Crippen LogP contribution in [-0.2, 0) is 17.8 Å². The van der Waals surface area contributed by atoms with Gasteiger partial charge in [0.15, 0.2) is 5.96 Å². The Morgan fingerprint density at radius 3 is 2.68 bits per heavy atom. The van der Waals surface area contributed by atoms with Gasteiger partial charge in [0, 0.05) is 33.2 Å². The van der Waals surface area contributed by atoms with Gasteiger partial charge in [0.05, 0.1) is 19.8 Å². The first-order valence-corrected chi connectivity index (χ1v) is 7.58. The number of nitrogens with zero attached hydrogens (tertiary/aromatic N) is 2. The van der Waals surface area contributed by atoms with Crippen molar-refractivity contribution in [3.05, 3.63) is 35.4 Å². The van der Waals surface area contributed by atoms with Crippen LogP contribution in [0.4, 0.5) is 0 Å². The van der Waals surface area contributed by atoms with Gasteiger partial charge in [-0.05, 0) is 11.1 Å². The Labute approximate surface area is 132 Å². The van der Waals surface area contributed by atoms with E-state index in [1.165, 1.54) is 11.1 Å². The molecule has 1 aliphatic heterocycles. The van der Waals surface area contributed by atoms with Crippen LogP contribution < -0.4 is 10.6 Å². The number of hydrogen-bond donors (Lipinski definition) is 2. The quantitative estimate of drug-likeness (QED) is 0.480. The van der Waals surface area contributed by atoms with Crippen molar-refractivity contribution in [2.75, 3.05) is 39.9 Å². The summed E-state index contributed by atoms with van der Waals surface area (Å²) in [5.41, 5.74) is 2.61. The summed E-state index contributed by atoms with van der Waals surface area (Å²) < 4.78 is 5.40. The average molecular weight is 300 g/mol. The maximum atomic E-state index is 5.40. The molecule has 1 saturated heterocycles. The number of guanidine groups is 1. The second-order valence-electron chi connectivity index (χ2n) is 5.14. The summed E-state index contributed by atoms with van der Waals surface area (Å²) >= 11 is 0. The Hall–Kier alpha value is -2.03. The number of benzene rings is 1. The largest absolute Gasteiger partial charge is 0.379 e. The molecule has 1 heterocycles. The first-order chi connectivity index (χ1) is 10.8. The molecule has 0 atom stereocenters. The standard InChI is InChI=1S/C17H24N4O/c1-3-8-19-17(18-2)20-13-15-6-4-5-7-16(15)14-21-9-11-22-12-10-21/h1,4-7H,8-14H2,2H3,(H2,18,19,20). The molecule has 22 heavy (non-hydrogen) atoms. The topological polar surface area (TPSA) is 48.9 Å². The van der Waals surface area contributed by atoms with Crippen LogP contribution in [0.15, 0.2) is 29.3 Å². The molecule has 1 aliphatic rings. The lowest BCUT2D eigenvalue weighted by Crippen LogP contribution is -2.38. The monoisotopic (exact) mass is 300 g/mol. The maximum Gasteiger partial charge on any atom is 0.192 e. The zero-order chi connectivity index (χ0) is 15.6. The van der Waals surface area contributed by atoms with E-state index in [4.69, 9.17) is 11.2 Å². The molecule has 5 heteroatoms. The van der Waals surface area contributed by atoms with E-state index in [0.29, 0.717) is 6.54 Å². The summed E-state index contributed by atoms with van der Waals surface area (Å²) in [6.07, 6.45) is 5.26. The molecule has 0 aliphatic carbocycles. The Bertz CT molecular complexity index is 530. The van der Waals surface area contributed by atoms with Gasteiger partial charge in [-0.15, -0.1) is 6.42 Å². The lowest BCUT2D eigenvalue weighted by molar-refractivity contribution is 0.0341. The number of hydrogen-bond acceptors (Lipinski definition) is 3. The minimum Gasteiger partial charge on any atom is -0.379 e. The third kappa shape index (κ3) is 5.06. The Balaban J connectivity index is 1.94. The number of terminal acetylenes is 1. The summed E-state index contributed by atoms with van der Waals surface area (Å²) in [5.74, 6) is 3.27. The van der Waals surface area contributed by atoms with Gasteiger partial charge in [0.25, 0.3) is 0 Å². The third-order valence-electron chi connectivity index (χ3n) is 3.64. The molecule has 0 aromatic heterocycles. The van der Waals surface area contributed by atoms with Crippen LogP contribution in [0.25, 0.3) is 0 Å². The highest BCUT2D eigenvalue weighted by Crippen LogP contribution is 2.12. The van der Waals surface area contributed by atoms with E-state index >= 15 is 0 Å². The molecule has 0 unspecified atom stereocenters. The van der Waals surface area contributed by atoms with E-state index in [1.807, 2.05) is 0 Å². The van der Waals surface area contributed by atoms with Gasteiger partial charge in [0.1, 0.15) is 0 Å². The number of nitrogens with one attached hydrogen (secondary N) is 2. The molecule has 0 radical (unpaired) electrons. The van der Waals surface area contributed by atoms with Crippen LogP contribution in [0.2, 0.25) is 0 Å². The predicted octanol–water partition coefficient (Wildman–Crippen LogP) is 0.817. The lowest BCUT2D eigenvalue weighted by atomic mass is 10.1. The zero-order valence-electron chi connectivity index (χ0n) is 13.1. The van der Waals surface area contributed by atoms with Crippen molar-refractivity contribution in [1.82, 2.24) is 15.5 Å². The van der Waals surface area contributed by atoms with E-state index in [-0.39, 0.29) is 0 Å². The summed E-state index contributed by atoms with van der Waals surface area (Å²) in [5, 5.41) is 6.36. The molecule has 0 amide bonds. The minimum atomic E-state index is 0.467. The fourth-order valence-corrected chi connectivity index (χ4v) is 2.42. The van der Waals surface area contributed by atoms with E-state index in [1.54, 1.807) is 7.05 Å². The molecule has 0 saturated carbocycles. The molecular formula is C17H24N4O. The minimum absolute atomic E-state index is 0.467. The predicted molar refractivity (Wildman–Crippen MR) is 89.6 cm³/mol. The fraction of sp³-hybridized carbons (Fsp3) is 0.471. The van der Waals surface area contributed by atoms with Crippen LogP contribution in [-0.4, -0.2) is 50.8 Å². The molecule has 1 aromatic rings. The van der Waals surface area contributed by atoms with Gasteiger partial charge in [-0.25, -0.2) is 0 Å². The number of morpholine rings is 1. The molecule has 118 valence electrons. The van der Waals surface area contributed by atoms with Gasteiger partial charge >= 0.3 is 0 Å². The van der Waals surface area contributed by atoms with E-state index in [0.717, 1.165) is 45.4 Å². The first-order valence-electron chi connectivity index (χ1n) is 7.58. The van der Waals surface area contributed by atoms with Crippen molar-refractivity contribution in [3.8, 4) is 12.3 Å². The van der Waals surface area contributed by atoms with Gasteiger partial charge in [-0.3, -0.25) is 9.89 Å². The van der Waals surface area contributed by atoms with Crippen LogP contribution >= 0.6 is 0 Å². The SMILES string of the molecule is C#CCNC(=NC)NCc1ccccc1CN1CCOCC1. The number of ether oxygens (including phenoxy) is 1. The summed E-state index contributed by atoms with van der Waals surface area (Å²) in [4.78, 5) is 6.58. The summed E-state index contributed by atoms with van der Waals surface area (Å²) in [6.45, 7) is 5.78. The molecule has 0 bridgehead atoms. The van der Waals surface area contributed by atoms with Crippen molar-refractivity contribution in [1.29, 1.82) is 0 Å². The molecule has 0 spiro atoms. The highest BCUT2D eigenvalue weighted by molar-refractivity contribution is 5.79. The van der Waals surface area contributed by atoms with Gasteiger partial charge in [0.2, 0.25) is 0 Å². The van der Waals surface area contributed by atoms with Gasteiger partial charge < -0.3 is 15.4 Å². The lowest BCUT2D eigenvalue weighted by Gasteiger charge is -2.27. The number of rotatable bonds is 5. The van der Waals surface area contributed by atoms with E-state index in [9.17, 15) is 0 Å². The molecule has 2 rings (SSSR count). The average Bonchev–Trinajstić information content (AvgIpc) is 2.57. The van der Waals surface area contributed by atoms with Crippen LogP contribution in [0.5, 0.6) is 0 Å². The Morgan fingerprint density at radius 1 is 1.27 bits per heavy atom. The Kier molecular flexibility index (Phi) is 6.75. The maximum absolute atomic E-state index is 5.40. The van der Waals surface area contributed by atoms with Crippen molar-refractivity contribution in [2.45, 2.75) is 13.1 Å². The van der Waals surface area contributed by atoms with Crippen LogP contribution in [0.3, 0.4) is 0 Å². The van der Waals surface area contributed by atoms with E-state index in [2.05, 4.69) is 50.7 Å². The highest BCUT2D eigenvalue weighted by Gasteiger charge is 2.12. The van der Waals surface area contributed by atoms with Crippen molar-refractivity contribution >= 4 is 5.96 Å². The second-order valence-corrected chi connectivity index (χ2v) is 5.14. The van der Waals surface area contributed by atoms with Crippen molar-refractivity contribution in [2.24, 2.45) is 4.99 Å². The molecule has 2 N–H and O–H groups in total. The van der Waals surface area contributed by atoms with E-state index < -0.39 is 0 Å². The molecular weight excluding hydrogens is 276 g/mol. The molecule has 1 fully saturated rings. The van der Waals surface area contributed by atoms with Crippen LogP contribution in [0, 0.1) is 12.3 Å². The molecule has 1 aromatic carbocycles. The summed E-state index contributed by atoms with van der Waals surface area (Å²) in [6, 6.07) is 8.49. The first kappa shape index (κ1) is 16.3. The fourth-order valence-electron chi connectivity index (χ4n) is 2.42. The van der Waals surface area contributed by atoms with Crippen LogP contribution in [0.1, 0.15) is 11.1 Å². The van der Waals surface area contributed by atoms with Gasteiger partial charge in [-0.1, -0.05) is 30.2 Å². The highest BCUT2D eigenvalue weighted by atomic mass is 16.5. The van der Waals surface area contributed by atoms with Crippen molar-refractivity contribution in [3.63, 3.8) is 0 Å². The van der Waals surface area contributed by atoms with Gasteiger partial charge in [-0.2, -0.15) is 0 Å². The number of aliphatic imine (C=N–C) groups is 1. The second kappa shape index (κ2) is 9.08. The molecule has 5 nitrogen and oxygen atoms in total. The zero-order valence-corrected chi connectivity index (χ0v) is 13.1. The normalized spacial score (nSPS) is 16.1. The Morgan fingerprint density at radius 2 is 2.00 bits per heavy atom. The van der Waals surface area contributed by atoms with Crippen molar-refractivity contribution < 1.29 is 4.74 Å². The summed E-state index contributed by atoms with van der Waals surface area (Å²) in [7, 11) is 1.74.